The molecule has 14 heavy (non-hydrogen) atoms. The summed E-state index contributed by atoms with van der Waals surface area (Å²) in [4.78, 5) is 0. The first kappa shape index (κ1) is 10.4. The molecule has 82 valence electrons. The van der Waals surface area contributed by atoms with E-state index in [0.29, 0.717) is 12.2 Å². The fourth-order valence-electron chi connectivity index (χ4n) is 3.04. The van der Waals surface area contributed by atoms with Crippen LogP contribution in [0.3, 0.4) is 0 Å². The second-order valence-electron chi connectivity index (χ2n) is 5.18. The molecule has 0 saturated carbocycles. The topological polar surface area (TPSA) is 18.5 Å². The van der Waals surface area contributed by atoms with Gasteiger partial charge in [0, 0.05) is 12.5 Å². The summed E-state index contributed by atoms with van der Waals surface area (Å²) in [6.07, 6.45) is 8.72. The number of hydrogen-bond acceptors (Lipinski definition) is 2. The Bertz CT molecular complexity index is 193. The Kier molecular flexibility index (Phi) is 3.13. The molecule has 2 bridgehead atoms. The Morgan fingerprint density at radius 2 is 2.07 bits per heavy atom. The third-order valence-corrected chi connectivity index (χ3v) is 3.79. The molecule has 0 radical (unpaired) electrons. The SMILES string of the molecule is COCC1(C)CC2CCCCCC1O2. The van der Waals surface area contributed by atoms with Crippen LogP contribution in [0.1, 0.15) is 45.4 Å². The summed E-state index contributed by atoms with van der Waals surface area (Å²) in [7, 11) is 1.80. The molecular weight excluding hydrogens is 176 g/mol. The summed E-state index contributed by atoms with van der Waals surface area (Å²) < 4.78 is 11.4. The van der Waals surface area contributed by atoms with Gasteiger partial charge in [0.1, 0.15) is 0 Å². The summed E-state index contributed by atoms with van der Waals surface area (Å²) >= 11 is 0. The minimum atomic E-state index is 0.282. The van der Waals surface area contributed by atoms with Gasteiger partial charge in [0.15, 0.2) is 0 Å². The van der Waals surface area contributed by atoms with Gasteiger partial charge in [-0.3, -0.25) is 0 Å². The quantitative estimate of drug-likeness (QED) is 0.679. The van der Waals surface area contributed by atoms with Crippen molar-refractivity contribution in [1.82, 2.24) is 0 Å². The molecule has 0 aromatic heterocycles. The maximum Gasteiger partial charge on any atom is 0.0655 e. The fourth-order valence-corrected chi connectivity index (χ4v) is 3.04. The van der Waals surface area contributed by atoms with E-state index in [2.05, 4.69) is 6.92 Å². The predicted octanol–water partition coefficient (Wildman–Crippen LogP) is 2.76. The van der Waals surface area contributed by atoms with Gasteiger partial charge in [-0.25, -0.2) is 0 Å². The average molecular weight is 198 g/mol. The molecule has 2 nitrogen and oxygen atoms in total. The van der Waals surface area contributed by atoms with Gasteiger partial charge >= 0.3 is 0 Å². The maximum absolute atomic E-state index is 6.09. The Morgan fingerprint density at radius 1 is 1.29 bits per heavy atom. The molecule has 3 atom stereocenters. The minimum Gasteiger partial charge on any atom is -0.384 e. The lowest BCUT2D eigenvalue weighted by atomic mass is 9.81. The van der Waals surface area contributed by atoms with Gasteiger partial charge in [-0.2, -0.15) is 0 Å². The fraction of sp³-hybridized carbons (Fsp3) is 1.00. The van der Waals surface area contributed by atoms with Gasteiger partial charge in [-0.05, 0) is 19.3 Å². The van der Waals surface area contributed by atoms with Crippen LogP contribution in [0, 0.1) is 5.41 Å². The van der Waals surface area contributed by atoms with Crippen molar-refractivity contribution in [2.24, 2.45) is 5.41 Å². The molecule has 2 heteroatoms. The van der Waals surface area contributed by atoms with Crippen molar-refractivity contribution in [3.05, 3.63) is 0 Å². The molecule has 2 fully saturated rings. The van der Waals surface area contributed by atoms with Gasteiger partial charge < -0.3 is 9.47 Å². The van der Waals surface area contributed by atoms with Crippen molar-refractivity contribution in [2.45, 2.75) is 57.7 Å². The van der Waals surface area contributed by atoms with E-state index in [-0.39, 0.29) is 5.41 Å². The second-order valence-corrected chi connectivity index (χ2v) is 5.18. The van der Waals surface area contributed by atoms with Crippen LogP contribution >= 0.6 is 0 Å². The molecule has 0 aromatic carbocycles. The lowest BCUT2D eigenvalue weighted by molar-refractivity contribution is -0.0225. The smallest absolute Gasteiger partial charge is 0.0655 e. The van der Waals surface area contributed by atoms with Crippen LogP contribution in [0.5, 0.6) is 0 Å². The van der Waals surface area contributed by atoms with E-state index in [1.165, 1.54) is 38.5 Å². The lowest BCUT2D eigenvalue weighted by Gasteiger charge is -2.29. The number of fused-ring (bicyclic) bond motifs is 2. The summed E-state index contributed by atoms with van der Waals surface area (Å²) in [5.74, 6) is 0. The Morgan fingerprint density at radius 3 is 2.86 bits per heavy atom. The van der Waals surface area contributed by atoms with E-state index >= 15 is 0 Å². The van der Waals surface area contributed by atoms with Crippen LogP contribution in [0.25, 0.3) is 0 Å². The molecule has 0 aromatic rings. The molecule has 2 aliphatic rings. The Hall–Kier alpha value is -0.0800. The van der Waals surface area contributed by atoms with Crippen LogP contribution < -0.4 is 0 Å². The summed E-state index contributed by atoms with van der Waals surface area (Å²) in [6, 6.07) is 0. The summed E-state index contributed by atoms with van der Waals surface area (Å²) in [5, 5.41) is 0. The van der Waals surface area contributed by atoms with E-state index in [1.54, 1.807) is 7.11 Å². The van der Waals surface area contributed by atoms with Crippen molar-refractivity contribution in [3.63, 3.8) is 0 Å². The van der Waals surface area contributed by atoms with Gasteiger partial charge in [0.2, 0.25) is 0 Å². The highest BCUT2D eigenvalue weighted by molar-refractivity contribution is 4.93. The van der Waals surface area contributed by atoms with Crippen molar-refractivity contribution >= 4 is 0 Å². The molecule has 0 spiro atoms. The molecule has 2 heterocycles. The number of methoxy groups -OCH3 is 1. The minimum absolute atomic E-state index is 0.282. The van der Waals surface area contributed by atoms with Crippen LogP contribution in [-0.4, -0.2) is 25.9 Å². The Balaban J connectivity index is 2.05. The van der Waals surface area contributed by atoms with Gasteiger partial charge in [0.05, 0.1) is 18.8 Å². The van der Waals surface area contributed by atoms with Crippen molar-refractivity contribution in [2.75, 3.05) is 13.7 Å². The normalized spacial score (nSPS) is 43.3. The molecule has 0 aliphatic carbocycles. The van der Waals surface area contributed by atoms with Crippen molar-refractivity contribution < 1.29 is 9.47 Å². The van der Waals surface area contributed by atoms with Gasteiger partial charge in [0.25, 0.3) is 0 Å². The molecule has 2 saturated heterocycles. The molecule has 2 aliphatic heterocycles. The Labute approximate surface area is 87.0 Å². The van der Waals surface area contributed by atoms with Crippen LogP contribution in [-0.2, 0) is 9.47 Å². The highest BCUT2D eigenvalue weighted by Gasteiger charge is 2.44. The lowest BCUT2D eigenvalue weighted by Crippen LogP contribution is -2.32. The van der Waals surface area contributed by atoms with E-state index in [0.717, 1.165) is 6.61 Å². The first-order valence-electron chi connectivity index (χ1n) is 5.89. The standard InChI is InChI=1S/C12H22O2/c1-12(9-13-2)8-10-6-4-3-5-7-11(12)14-10/h10-11H,3-9H2,1-2H3. The van der Waals surface area contributed by atoms with Crippen molar-refractivity contribution in [1.29, 1.82) is 0 Å². The number of hydrogen-bond donors (Lipinski definition) is 0. The third kappa shape index (κ3) is 1.96. The summed E-state index contributed by atoms with van der Waals surface area (Å²) in [5.41, 5.74) is 0.282. The second kappa shape index (κ2) is 4.19. The number of rotatable bonds is 2. The first-order valence-corrected chi connectivity index (χ1v) is 5.89. The third-order valence-electron chi connectivity index (χ3n) is 3.79. The van der Waals surface area contributed by atoms with E-state index in [1.807, 2.05) is 0 Å². The number of ether oxygens (including phenoxy) is 2. The van der Waals surface area contributed by atoms with Crippen LogP contribution in [0.2, 0.25) is 0 Å². The van der Waals surface area contributed by atoms with E-state index < -0.39 is 0 Å². The molecule has 2 rings (SSSR count). The summed E-state index contributed by atoms with van der Waals surface area (Å²) in [6.45, 7) is 3.18. The zero-order chi connectivity index (χ0) is 10.0. The monoisotopic (exact) mass is 198 g/mol. The molecule has 0 N–H and O–H groups in total. The molecule has 0 amide bonds. The van der Waals surface area contributed by atoms with Crippen LogP contribution in [0.4, 0.5) is 0 Å². The highest BCUT2D eigenvalue weighted by atomic mass is 16.5. The largest absolute Gasteiger partial charge is 0.384 e. The average Bonchev–Trinajstić information content (AvgIpc) is 2.41. The predicted molar refractivity (Wildman–Crippen MR) is 56.3 cm³/mol. The first-order chi connectivity index (χ1) is 6.74. The molecular formula is C12H22O2. The van der Waals surface area contributed by atoms with Gasteiger partial charge in [-0.1, -0.05) is 26.2 Å². The van der Waals surface area contributed by atoms with Crippen LogP contribution in [0.15, 0.2) is 0 Å². The highest BCUT2D eigenvalue weighted by Crippen LogP contribution is 2.43. The van der Waals surface area contributed by atoms with Crippen molar-refractivity contribution in [3.8, 4) is 0 Å². The zero-order valence-electron chi connectivity index (χ0n) is 9.42. The van der Waals surface area contributed by atoms with Gasteiger partial charge in [-0.15, -0.1) is 0 Å². The molecule has 3 unspecified atom stereocenters. The maximum atomic E-state index is 6.09. The zero-order valence-corrected chi connectivity index (χ0v) is 9.42. The van der Waals surface area contributed by atoms with E-state index in [4.69, 9.17) is 9.47 Å². The van der Waals surface area contributed by atoms with E-state index in [9.17, 15) is 0 Å².